The lowest BCUT2D eigenvalue weighted by molar-refractivity contribution is -0.126. The standard InChI is InChI=1S/C16H16BrNO2/c17-15-8-4-7-14(9-15)10-18-16(19)12-20-11-13-5-2-1-3-6-13/h1-9H,10-12H2,(H,18,19). The summed E-state index contributed by atoms with van der Waals surface area (Å²) in [6, 6.07) is 17.6. The summed E-state index contributed by atoms with van der Waals surface area (Å²) in [6.45, 7) is 1.03. The summed E-state index contributed by atoms with van der Waals surface area (Å²) in [5.41, 5.74) is 2.11. The van der Waals surface area contributed by atoms with Gasteiger partial charge in [-0.3, -0.25) is 4.79 Å². The third kappa shape index (κ3) is 5.15. The molecule has 1 N–H and O–H groups in total. The molecule has 0 aromatic heterocycles. The van der Waals surface area contributed by atoms with Gasteiger partial charge in [0.25, 0.3) is 0 Å². The highest BCUT2D eigenvalue weighted by Crippen LogP contribution is 2.11. The van der Waals surface area contributed by atoms with Crippen molar-refractivity contribution in [2.75, 3.05) is 6.61 Å². The van der Waals surface area contributed by atoms with Gasteiger partial charge in [-0.2, -0.15) is 0 Å². The van der Waals surface area contributed by atoms with E-state index in [4.69, 9.17) is 4.74 Å². The molecule has 2 aromatic carbocycles. The normalized spacial score (nSPS) is 10.2. The van der Waals surface area contributed by atoms with Crippen LogP contribution in [0, 0.1) is 0 Å². The van der Waals surface area contributed by atoms with Crippen LogP contribution in [-0.2, 0) is 22.7 Å². The minimum Gasteiger partial charge on any atom is -0.367 e. The molecule has 0 aliphatic carbocycles. The zero-order valence-corrected chi connectivity index (χ0v) is 12.6. The molecule has 0 saturated carbocycles. The first kappa shape index (κ1) is 14.8. The summed E-state index contributed by atoms with van der Waals surface area (Å²) >= 11 is 3.40. The molecule has 3 nitrogen and oxygen atoms in total. The van der Waals surface area contributed by atoms with Crippen molar-refractivity contribution >= 4 is 21.8 Å². The minimum absolute atomic E-state index is 0.0723. The number of halogens is 1. The Morgan fingerprint density at radius 3 is 2.55 bits per heavy atom. The number of hydrogen-bond donors (Lipinski definition) is 1. The van der Waals surface area contributed by atoms with Gasteiger partial charge in [0.15, 0.2) is 0 Å². The van der Waals surface area contributed by atoms with E-state index in [-0.39, 0.29) is 12.5 Å². The van der Waals surface area contributed by atoms with E-state index in [2.05, 4.69) is 21.2 Å². The molecule has 0 atom stereocenters. The Bertz CT molecular complexity index is 557. The maximum Gasteiger partial charge on any atom is 0.246 e. The highest BCUT2D eigenvalue weighted by atomic mass is 79.9. The number of nitrogens with one attached hydrogen (secondary N) is 1. The van der Waals surface area contributed by atoms with Crippen LogP contribution in [0.15, 0.2) is 59.1 Å². The van der Waals surface area contributed by atoms with Crippen LogP contribution >= 0.6 is 15.9 Å². The van der Waals surface area contributed by atoms with Gasteiger partial charge in [0, 0.05) is 11.0 Å². The van der Waals surface area contributed by atoms with E-state index in [1.807, 2.05) is 54.6 Å². The van der Waals surface area contributed by atoms with Crippen molar-refractivity contribution in [3.05, 3.63) is 70.2 Å². The van der Waals surface area contributed by atoms with Crippen molar-refractivity contribution in [3.63, 3.8) is 0 Å². The Morgan fingerprint density at radius 1 is 1.05 bits per heavy atom. The fourth-order valence-corrected chi connectivity index (χ4v) is 2.18. The fourth-order valence-electron chi connectivity index (χ4n) is 1.73. The van der Waals surface area contributed by atoms with Gasteiger partial charge in [0.1, 0.15) is 6.61 Å². The third-order valence-electron chi connectivity index (χ3n) is 2.72. The van der Waals surface area contributed by atoms with E-state index < -0.39 is 0 Å². The molecule has 0 heterocycles. The summed E-state index contributed by atoms with van der Waals surface area (Å²) in [7, 11) is 0. The van der Waals surface area contributed by atoms with Crippen LogP contribution in [0.5, 0.6) is 0 Å². The van der Waals surface area contributed by atoms with E-state index in [0.717, 1.165) is 15.6 Å². The lowest BCUT2D eigenvalue weighted by atomic mass is 10.2. The topological polar surface area (TPSA) is 38.3 Å². The summed E-state index contributed by atoms with van der Waals surface area (Å²) in [6.07, 6.45) is 0. The molecule has 0 spiro atoms. The van der Waals surface area contributed by atoms with Crippen molar-refractivity contribution in [3.8, 4) is 0 Å². The maximum atomic E-state index is 11.6. The molecule has 0 unspecified atom stereocenters. The molecule has 0 radical (unpaired) electrons. The highest BCUT2D eigenvalue weighted by Gasteiger charge is 2.02. The van der Waals surface area contributed by atoms with E-state index in [1.54, 1.807) is 0 Å². The number of carbonyl (C=O) groups is 1. The molecule has 0 saturated heterocycles. The lowest BCUT2D eigenvalue weighted by Gasteiger charge is -2.07. The summed E-state index contributed by atoms with van der Waals surface area (Å²) < 4.78 is 6.38. The Labute approximate surface area is 127 Å². The average molecular weight is 334 g/mol. The number of hydrogen-bond acceptors (Lipinski definition) is 2. The van der Waals surface area contributed by atoms with Crippen molar-refractivity contribution in [1.29, 1.82) is 0 Å². The van der Waals surface area contributed by atoms with Gasteiger partial charge in [-0.1, -0.05) is 58.4 Å². The number of benzene rings is 2. The van der Waals surface area contributed by atoms with Gasteiger partial charge in [-0.25, -0.2) is 0 Å². The van der Waals surface area contributed by atoms with Gasteiger partial charge < -0.3 is 10.1 Å². The SMILES string of the molecule is O=C(COCc1ccccc1)NCc1cccc(Br)c1. The molecule has 0 aliphatic heterocycles. The van der Waals surface area contributed by atoms with Gasteiger partial charge in [0.05, 0.1) is 6.61 Å². The molecule has 2 rings (SSSR count). The molecule has 1 amide bonds. The second kappa shape index (κ2) is 7.82. The van der Waals surface area contributed by atoms with Gasteiger partial charge in [-0.15, -0.1) is 0 Å². The zero-order chi connectivity index (χ0) is 14.2. The second-order valence-electron chi connectivity index (χ2n) is 4.39. The molecule has 0 fully saturated rings. The van der Waals surface area contributed by atoms with Crippen molar-refractivity contribution in [2.45, 2.75) is 13.2 Å². The van der Waals surface area contributed by atoms with Crippen LogP contribution in [0.25, 0.3) is 0 Å². The fraction of sp³-hybridized carbons (Fsp3) is 0.188. The van der Waals surface area contributed by atoms with E-state index in [0.29, 0.717) is 13.2 Å². The molecule has 2 aromatic rings. The number of ether oxygens (including phenoxy) is 1. The first-order chi connectivity index (χ1) is 9.74. The van der Waals surface area contributed by atoms with Crippen molar-refractivity contribution in [2.24, 2.45) is 0 Å². The quantitative estimate of drug-likeness (QED) is 0.880. The summed E-state index contributed by atoms with van der Waals surface area (Å²) in [5, 5.41) is 2.83. The molecule has 104 valence electrons. The lowest BCUT2D eigenvalue weighted by Crippen LogP contribution is -2.27. The van der Waals surface area contributed by atoms with E-state index in [1.165, 1.54) is 0 Å². The summed E-state index contributed by atoms with van der Waals surface area (Å²) in [5.74, 6) is -0.110. The van der Waals surface area contributed by atoms with Crippen LogP contribution in [-0.4, -0.2) is 12.5 Å². The predicted molar refractivity (Wildman–Crippen MR) is 82.1 cm³/mol. The van der Waals surface area contributed by atoms with Crippen LogP contribution < -0.4 is 5.32 Å². The molecule has 4 heteroatoms. The smallest absolute Gasteiger partial charge is 0.246 e. The Morgan fingerprint density at radius 2 is 1.80 bits per heavy atom. The van der Waals surface area contributed by atoms with Crippen molar-refractivity contribution in [1.82, 2.24) is 5.32 Å². The number of rotatable bonds is 6. The third-order valence-corrected chi connectivity index (χ3v) is 3.22. The Hall–Kier alpha value is -1.65. The molecule has 20 heavy (non-hydrogen) atoms. The van der Waals surface area contributed by atoms with E-state index >= 15 is 0 Å². The molecule has 0 aliphatic rings. The minimum atomic E-state index is -0.110. The van der Waals surface area contributed by atoms with Gasteiger partial charge in [0.2, 0.25) is 5.91 Å². The van der Waals surface area contributed by atoms with Crippen LogP contribution in [0.4, 0.5) is 0 Å². The number of amides is 1. The maximum absolute atomic E-state index is 11.6. The molecule has 0 bridgehead atoms. The number of carbonyl (C=O) groups excluding carboxylic acids is 1. The largest absolute Gasteiger partial charge is 0.367 e. The summed E-state index contributed by atoms with van der Waals surface area (Å²) in [4.78, 5) is 11.6. The zero-order valence-electron chi connectivity index (χ0n) is 11.0. The highest BCUT2D eigenvalue weighted by molar-refractivity contribution is 9.10. The average Bonchev–Trinajstić information content (AvgIpc) is 2.46. The molecular formula is C16H16BrNO2. The van der Waals surface area contributed by atoms with Crippen LogP contribution in [0.1, 0.15) is 11.1 Å². The first-order valence-electron chi connectivity index (χ1n) is 6.37. The van der Waals surface area contributed by atoms with Crippen LogP contribution in [0.2, 0.25) is 0 Å². The first-order valence-corrected chi connectivity index (χ1v) is 7.16. The Balaban J connectivity index is 1.68. The van der Waals surface area contributed by atoms with Crippen molar-refractivity contribution < 1.29 is 9.53 Å². The van der Waals surface area contributed by atoms with Gasteiger partial charge in [-0.05, 0) is 23.3 Å². The van der Waals surface area contributed by atoms with Gasteiger partial charge >= 0.3 is 0 Å². The predicted octanol–water partition coefficient (Wildman–Crippen LogP) is 3.28. The Kier molecular flexibility index (Phi) is 5.77. The van der Waals surface area contributed by atoms with Crippen LogP contribution in [0.3, 0.4) is 0 Å². The molecular weight excluding hydrogens is 318 g/mol. The monoisotopic (exact) mass is 333 g/mol. The second-order valence-corrected chi connectivity index (χ2v) is 5.30. The van der Waals surface area contributed by atoms with E-state index in [9.17, 15) is 4.79 Å².